The minimum Gasteiger partial charge on any atom is -0.342 e. The van der Waals surface area contributed by atoms with E-state index in [4.69, 9.17) is 0 Å². The number of carbonyl (C=O) groups excluding carboxylic acids is 2. The number of nitrogens with one attached hydrogen (secondary N) is 1. The van der Waals surface area contributed by atoms with Gasteiger partial charge < -0.3 is 20.0 Å². The summed E-state index contributed by atoms with van der Waals surface area (Å²) in [5.41, 5.74) is 0. The number of piperidine rings is 1. The van der Waals surface area contributed by atoms with Crippen molar-refractivity contribution < 1.29 is 9.59 Å². The van der Waals surface area contributed by atoms with Gasteiger partial charge in [0.05, 0.1) is 5.92 Å². The second-order valence-electron chi connectivity index (χ2n) is 7.20. The van der Waals surface area contributed by atoms with E-state index in [0.29, 0.717) is 13.0 Å². The molecule has 0 aromatic carbocycles. The molecule has 2 saturated heterocycles. The molecule has 2 aliphatic heterocycles. The summed E-state index contributed by atoms with van der Waals surface area (Å²) < 4.78 is 0. The van der Waals surface area contributed by atoms with Crippen molar-refractivity contribution in [1.82, 2.24) is 20.0 Å². The third kappa shape index (κ3) is 5.18. The van der Waals surface area contributed by atoms with E-state index in [9.17, 15) is 9.59 Å². The normalized spacial score (nSPS) is 23.1. The van der Waals surface area contributed by atoms with E-state index in [-0.39, 0.29) is 17.7 Å². The van der Waals surface area contributed by atoms with Crippen LogP contribution in [0, 0.1) is 11.8 Å². The molecule has 0 spiro atoms. The van der Waals surface area contributed by atoms with Crippen LogP contribution < -0.4 is 5.32 Å². The molecule has 1 atom stereocenters. The maximum absolute atomic E-state index is 12.7. The first kappa shape index (κ1) is 18.2. The van der Waals surface area contributed by atoms with E-state index in [1.54, 1.807) is 0 Å². The summed E-state index contributed by atoms with van der Waals surface area (Å²) >= 11 is 0. The number of carbonyl (C=O) groups is 2. The number of hydrogen-bond acceptors (Lipinski definition) is 4. The van der Waals surface area contributed by atoms with Gasteiger partial charge in [0.1, 0.15) is 0 Å². The molecule has 23 heavy (non-hydrogen) atoms. The summed E-state index contributed by atoms with van der Waals surface area (Å²) in [5.74, 6) is 0.929. The fraction of sp³-hybridized carbons (Fsp3) is 0.882. The summed E-state index contributed by atoms with van der Waals surface area (Å²) in [5, 5.41) is 3.20. The van der Waals surface area contributed by atoms with E-state index >= 15 is 0 Å². The molecule has 0 radical (unpaired) electrons. The van der Waals surface area contributed by atoms with Gasteiger partial charge in [0.25, 0.3) is 0 Å². The zero-order valence-electron chi connectivity index (χ0n) is 14.9. The SMILES string of the molecule is CNCCC1CCN(C(=O)C2CC(=O)N(CCN(C)C)C2)CC1. The molecule has 1 unspecified atom stereocenters. The molecule has 0 bridgehead atoms. The third-order valence-electron chi connectivity index (χ3n) is 5.11. The molecule has 6 nitrogen and oxygen atoms in total. The van der Waals surface area contributed by atoms with E-state index in [0.717, 1.165) is 51.5 Å². The van der Waals surface area contributed by atoms with Crippen molar-refractivity contribution in [1.29, 1.82) is 0 Å². The Morgan fingerprint density at radius 2 is 2.00 bits per heavy atom. The molecule has 1 N–H and O–H groups in total. The Morgan fingerprint density at radius 3 is 2.61 bits per heavy atom. The van der Waals surface area contributed by atoms with Crippen LogP contribution in [0.5, 0.6) is 0 Å². The van der Waals surface area contributed by atoms with Crippen LogP contribution in [-0.4, -0.2) is 86.9 Å². The molecule has 2 amide bonds. The monoisotopic (exact) mass is 324 g/mol. The quantitative estimate of drug-likeness (QED) is 0.729. The van der Waals surface area contributed by atoms with Crippen molar-refractivity contribution in [3.8, 4) is 0 Å². The van der Waals surface area contributed by atoms with E-state index in [1.807, 2.05) is 30.9 Å². The zero-order chi connectivity index (χ0) is 16.8. The summed E-state index contributed by atoms with van der Waals surface area (Å²) in [6.07, 6.45) is 3.78. The predicted octanol–water partition coefficient (Wildman–Crippen LogP) is 0.245. The van der Waals surface area contributed by atoms with Crippen molar-refractivity contribution in [2.24, 2.45) is 11.8 Å². The van der Waals surface area contributed by atoms with Gasteiger partial charge >= 0.3 is 0 Å². The molecule has 2 heterocycles. The number of likely N-dealkylation sites (tertiary alicyclic amines) is 2. The van der Waals surface area contributed by atoms with Gasteiger partial charge in [0.2, 0.25) is 11.8 Å². The first-order chi connectivity index (χ1) is 11.0. The van der Waals surface area contributed by atoms with Crippen LogP contribution in [0.3, 0.4) is 0 Å². The van der Waals surface area contributed by atoms with Crippen LogP contribution in [0.1, 0.15) is 25.7 Å². The Labute approximate surface area is 140 Å². The highest BCUT2D eigenvalue weighted by molar-refractivity contribution is 5.89. The minimum atomic E-state index is -0.126. The summed E-state index contributed by atoms with van der Waals surface area (Å²) in [4.78, 5) is 30.7. The Kier molecular flexibility index (Phi) is 6.84. The first-order valence-corrected chi connectivity index (χ1v) is 8.87. The molecular formula is C17H32N4O2. The third-order valence-corrected chi connectivity index (χ3v) is 5.11. The lowest BCUT2D eigenvalue weighted by molar-refractivity contribution is -0.137. The van der Waals surface area contributed by atoms with Crippen LogP contribution in [0.2, 0.25) is 0 Å². The Bertz CT molecular complexity index is 405. The number of amides is 2. The second-order valence-corrected chi connectivity index (χ2v) is 7.20. The zero-order valence-corrected chi connectivity index (χ0v) is 14.9. The fourth-order valence-corrected chi connectivity index (χ4v) is 3.52. The topological polar surface area (TPSA) is 55.9 Å². The fourth-order valence-electron chi connectivity index (χ4n) is 3.52. The summed E-state index contributed by atoms with van der Waals surface area (Å²) in [7, 11) is 5.99. The van der Waals surface area contributed by atoms with Crippen molar-refractivity contribution in [3.05, 3.63) is 0 Å². The van der Waals surface area contributed by atoms with Gasteiger partial charge in [-0.1, -0.05) is 0 Å². The predicted molar refractivity (Wildman–Crippen MR) is 91.1 cm³/mol. The van der Waals surface area contributed by atoms with E-state index in [2.05, 4.69) is 10.2 Å². The van der Waals surface area contributed by atoms with Crippen LogP contribution in [0.15, 0.2) is 0 Å². The highest BCUT2D eigenvalue weighted by atomic mass is 16.2. The highest BCUT2D eigenvalue weighted by Gasteiger charge is 2.37. The molecular weight excluding hydrogens is 292 g/mol. The molecule has 0 aromatic rings. The smallest absolute Gasteiger partial charge is 0.227 e. The van der Waals surface area contributed by atoms with Crippen molar-refractivity contribution in [2.75, 3.05) is 60.4 Å². The summed E-state index contributed by atoms with van der Waals surface area (Å²) in [6, 6.07) is 0. The average molecular weight is 324 g/mol. The highest BCUT2D eigenvalue weighted by Crippen LogP contribution is 2.25. The Balaban J connectivity index is 1.77. The lowest BCUT2D eigenvalue weighted by Crippen LogP contribution is -2.43. The van der Waals surface area contributed by atoms with Gasteiger partial charge in [0.15, 0.2) is 0 Å². The molecule has 2 aliphatic rings. The molecule has 0 aromatic heterocycles. The maximum Gasteiger partial charge on any atom is 0.227 e. The van der Waals surface area contributed by atoms with E-state index in [1.165, 1.54) is 6.42 Å². The lowest BCUT2D eigenvalue weighted by Gasteiger charge is -2.33. The number of nitrogens with zero attached hydrogens (tertiary/aromatic N) is 3. The number of likely N-dealkylation sites (N-methyl/N-ethyl adjacent to an activating group) is 1. The maximum atomic E-state index is 12.7. The minimum absolute atomic E-state index is 0.126. The van der Waals surface area contributed by atoms with Gasteiger partial charge in [-0.2, -0.15) is 0 Å². The van der Waals surface area contributed by atoms with Crippen LogP contribution >= 0.6 is 0 Å². The molecule has 132 valence electrons. The van der Waals surface area contributed by atoms with Crippen LogP contribution in [0.4, 0.5) is 0 Å². The van der Waals surface area contributed by atoms with Gasteiger partial charge in [-0.3, -0.25) is 9.59 Å². The van der Waals surface area contributed by atoms with Crippen LogP contribution in [0.25, 0.3) is 0 Å². The van der Waals surface area contributed by atoms with Crippen molar-refractivity contribution in [2.45, 2.75) is 25.7 Å². The molecule has 2 fully saturated rings. The van der Waals surface area contributed by atoms with Crippen molar-refractivity contribution in [3.63, 3.8) is 0 Å². The van der Waals surface area contributed by atoms with Gasteiger partial charge in [-0.25, -0.2) is 0 Å². The number of rotatable bonds is 7. The standard InChI is InChI=1S/C17H32N4O2/c1-18-7-4-14-5-8-20(9-6-14)17(23)15-12-16(22)21(13-15)11-10-19(2)3/h14-15,18H,4-13H2,1-3H3. The Hall–Kier alpha value is -1.14. The first-order valence-electron chi connectivity index (χ1n) is 8.87. The molecule has 2 rings (SSSR count). The van der Waals surface area contributed by atoms with Gasteiger partial charge in [0, 0.05) is 39.1 Å². The van der Waals surface area contributed by atoms with Crippen LogP contribution in [-0.2, 0) is 9.59 Å². The molecule has 0 saturated carbocycles. The second kappa shape index (κ2) is 8.64. The van der Waals surface area contributed by atoms with Gasteiger partial charge in [-0.05, 0) is 52.9 Å². The largest absolute Gasteiger partial charge is 0.342 e. The lowest BCUT2D eigenvalue weighted by atomic mass is 9.92. The average Bonchev–Trinajstić information content (AvgIpc) is 2.91. The van der Waals surface area contributed by atoms with Crippen molar-refractivity contribution >= 4 is 11.8 Å². The molecule has 0 aliphatic carbocycles. The van der Waals surface area contributed by atoms with Gasteiger partial charge in [-0.15, -0.1) is 0 Å². The van der Waals surface area contributed by atoms with E-state index < -0.39 is 0 Å². The summed E-state index contributed by atoms with van der Waals surface area (Å²) in [6.45, 7) is 4.94. The molecule has 6 heteroatoms. The number of hydrogen-bond donors (Lipinski definition) is 1. The Morgan fingerprint density at radius 1 is 1.30 bits per heavy atom.